The summed E-state index contributed by atoms with van der Waals surface area (Å²) in [7, 11) is 0. The molecule has 7 nitrogen and oxygen atoms in total. The average Bonchev–Trinajstić information content (AvgIpc) is 3.40. The van der Waals surface area contributed by atoms with Crippen molar-refractivity contribution in [3.8, 4) is 0 Å². The van der Waals surface area contributed by atoms with Crippen LogP contribution in [-0.2, 0) is 0 Å². The summed E-state index contributed by atoms with van der Waals surface area (Å²) < 4.78 is 11.1. The highest BCUT2D eigenvalue weighted by molar-refractivity contribution is 8.14. The molecule has 3 heterocycles. The Labute approximate surface area is 152 Å². The summed E-state index contributed by atoms with van der Waals surface area (Å²) in [6.45, 7) is 0. The molecule has 1 aliphatic heterocycles. The third-order valence-corrected chi connectivity index (χ3v) is 5.02. The second-order valence-corrected chi connectivity index (χ2v) is 6.64. The van der Waals surface area contributed by atoms with Gasteiger partial charge in [0.1, 0.15) is 22.8 Å². The van der Waals surface area contributed by atoms with Crippen molar-refractivity contribution in [1.82, 2.24) is 0 Å². The van der Waals surface area contributed by atoms with E-state index in [9.17, 15) is 10.1 Å². The number of amidine groups is 1. The second kappa shape index (κ2) is 7.01. The lowest BCUT2D eigenvalue weighted by atomic mass is 10.1. The van der Waals surface area contributed by atoms with Crippen LogP contribution in [0.4, 0.5) is 5.69 Å². The first-order chi connectivity index (χ1) is 12.7. The molecule has 0 amide bonds. The molecule has 0 saturated heterocycles. The number of nitro groups is 1. The lowest BCUT2D eigenvalue weighted by molar-refractivity contribution is -0.384. The molecule has 0 aliphatic carbocycles. The summed E-state index contributed by atoms with van der Waals surface area (Å²) in [4.78, 5) is 19.3. The van der Waals surface area contributed by atoms with Crippen molar-refractivity contribution in [3.05, 3.63) is 88.3 Å². The van der Waals surface area contributed by atoms with Crippen LogP contribution in [0.25, 0.3) is 0 Å². The van der Waals surface area contributed by atoms with Crippen LogP contribution in [0.5, 0.6) is 0 Å². The van der Waals surface area contributed by atoms with Crippen molar-refractivity contribution in [1.29, 1.82) is 0 Å². The van der Waals surface area contributed by atoms with Gasteiger partial charge < -0.3 is 8.83 Å². The minimum atomic E-state index is -0.431. The van der Waals surface area contributed by atoms with Gasteiger partial charge in [-0.3, -0.25) is 10.1 Å². The van der Waals surface area contributed by atoms with E-state index in [0.29, 0.717) is 5.17 Å². The Bertz CT molecular complexity index is 947. The van der Waals surface area contributed by atoms with Crippen molar-refractivity contribution in [2.45, 2.75) is 11.3 Å². The van der Waals surface area contributed by atoms with Gasteiger partial charge in [0.05, 0.1) is 17.4 Å². The smallest absolute Gasteiger partial charge is 0.269 e. The van der Waals surface area contributed by atoms with Crippen LogP contribution in [-0.4, -0.2) is 16.3 Å². The van der Waals surface area contributed by atoms with Crippen LogP contribution >= 0.6 is 11.8 Å². The van der Waals surface area contributed by atoms with Gasteiger partial charge in [0.15, 0.2) is 5.17 Å². The Hall–Kier alpha value is -3.13. The summed E-state index contributed by atoms with van der Waals surface area (Å²) in [5, 5.41) is 11.3. The van der Waals surface area contributed by atoms with Crippen LogP contribution in [0.1, 0.15) is 28.4 Å². The highest BCUT2D eigenvalue weighted by Gasteiger charge is 2.36. The lowest BCUT2D eigenvalue weighted by Crippen LogP contribution is -1.99. The predicted octanol–water partition coefficient (Wildman–Crippen LogP) is 4.79. The first-order valence-electron chi connectivity index (χ1n) is 7.80. The number of non-ortho nitro benzene ring substituents is 1. The van der Waals surface area contributed by atoms with Gasteiger partial charge in [0.25, 0.3) is 5.69 Å². The molecule has 2 aromatic heterocycles. The molecule has 4 rings (SSSR count). The van der Waals surface area contributed by atoms with Gasteiger partial charge in [-0.05, 0) is 42.0 Å². The van der Waals surface area contributed by atoms with E-state index in [1.807, 2.05) is 24.3 Å². The van der Waals surface area contributed by atoms with E-state index in [2.05, 4.69) is 9.98 Å². The molecule has 0 radical (unpaired) electrons. The number of aliphatic imine (C=N–C) groups is 2. The number of benzene rings is 1. The number of nitro benzene ring substituents is 1. The number of hydrogen-bond acceptors (Lipinski definition) is 7. The largest absolute Gasteiger partial charge is 0.468 e. The summed E-state index contributed by atoms with van der Waals surface area (Å²) in [6, 6.07) is 13.4. The molecule has 1 aromatic carbocycles. The molecule has 130 valence electrons. The second-order valence-electron chi connectivity index (χ2n) is 5.53. The zero-order chi connectivity index (χ0) is 17.9. The van der Waals surface area contributed by atoms with Gasteiger partial charge in [-0.15, -0.1) is 0 Å². The molecule has 0 spiro atoms. The third-order valence-electron chi connectivity index (χ3n) is 3.85. The fraction of sp³-hybridized carbons (Fsp3) is 0.111. The SMILES string of the molecule is O=[N+]([O-])c1ccc(C=NC2=N[C@H](c3ccco3)[C@H](c3ccco3)S2)cc1. The first kappa shape index (κ1) is 16.3. The van der Waals surface area contributed by atoms with Gasteiger partial charge in [-0.1, -0.05) is 11.8 Å². The Kier molecular flexibility index (Phi) is 4.40. The fourth-order valence-corrected chi connectivity index (χ4v) is 3.70. The van der Waals surface area contributed by atoms with E-state index in [1.165, 1.54) is 23.9 Å². The molecule has 0 N–H and O–H groups in total. The van der Waals surface area contributed by atoms with Crippen LogP contribution < -0.4 is 0 Å². The molecular weight excluding hydrogens is 354 g/mol. The Morgan fingerprint density at radius 3 is 2.38 bits per heavy atom. The maximum atomic E-state index is 10.7. The third kappa shape index (κ3) is 3.31. The van der Waals surface area contributed by atoms with Gasteiger partial charge in [0, 0.05) is 18.3 Å². The molecule has 2 atom stereocenters. The zero-order valence-corrected chi connectivity index (χ0v) is 14.2. The summed E-state index contributed by atoms with van der Waals surface area (Å²) >= 11 is 1.49. The predicted molar refractivity (Wildman–Crippen MR) is 98.6 cm³/mol. The van der Waals surface area contributed by atoms with E-state index in [0.717, 1.165) is 17.1 Å². The van der Waals surface area contributed by atoms with Crippen molar-refractivity contribution in [2.24, 2.45) is 9.98 Å². The van der Waals surface area contributed by atoms with Crippen LogP contribution in [0.3, 0.4) is 0 Å². The molecule has 0 fully saturated rings. The number of hydrogen-bond donors (Lipinski definition) is 0. The highest BCUT2D eigenvalue weighted by atomic mass is 32.2. The van der Waals surface area contributed by atoms with Crippen LogP contribution in [0.2, 0.25) is 0 Å². The van der Waals surface area contributed by atoms with Crippen molar-refractivity contribution >= 4 is 28.8 Å². The topological polar surface area (TPSA) is 94.1 Å². The molecule has 8 heteroatoms. The van der Waals surface area contributed by atoms with E-state index in [-0.39, 0.29) is 17.0 Å². The van der Waals surface area contributed by atoms with Crippen molar-refractivity contribution < 1.29 is 13.8 Å². The molecular formula is C18H13N3O4S. The minimum absolute atomic E-state index is 0.0468. The maximum absolute atomic E-state index is 10.7. The van der Waals surface area contributed by atoms with Gasteiger partial charge in [0.2, 0.25) is 0 Å². The normalized spacial score (nSPS) is 19.8. The highest BCUT2D eigenvalue weighted by Crippen LogP contribution is 2.48. The standard InChI is InChI=1S/C18H13N3O4S/c22-21(23)13-7-5-12(6-8-13)11-19-18-20-16(14-3-1-9-24-14)17(26-18)15-4-2-10-25-15/h1-11,16-17H/t16-,17+/m1/s1. The Morgan fingerprint density at radius 1 is 1.08 bits per heavy atom. The zero-order valence-electron chi connectivity index (χ0n) is 13.4. The van der Waals surface area contributed by atoms with E-state index >= 15 is 0 Å². The number of nitrogens with zero attached hydrogens (tertiary/aromatic N) is 3. The van der Waals surface area contributed by atoms with Gasteiger partial charge in [-0.25, -0.2) is 9.98 Å². The number of rotatable bonds is 4. The summed E-state index contributed by atoms with van der Waals surface area (Å²) in [6.07, 6.45) is 4.89. The molecule has 0 bridgehead atoms. The monoisotopic (exact) mass is 367 g/mol. The minimum Gasteiger partial charge on any atom is -0.468 e. The number of furan rings is 2. The van der Waals surface area contributed by atoms with Gasteiger partial charge >= 0.3 is 0 Å². The van der Waals surface area contributed by atoms with Crippen molar-refractivity contribution in [2.75, 3.05) is 0 Å². The Morgan fingerprint density at radius 2 is 1.77 bits per heavy atom. The molecule has 0 saturated carbocycles. The lowest BCUT2D eigenvalue weighted by Gasteiger charge is -2.11. The van der Waals surface area contributed by atoms with Crippen LogP contribution in [0, 0.1) is 10.1 Å². The van der Waals surface area contributed by atoms with E-state index in [4.69, 9.17) is 8.83 Å². The maximum Gasteiger partial charge on any atom is 0.269 e. The van der Waals surface area contributed by atoms with Gasteiger partial charge in [-0.2, -0.15) is 0 Å². The fourth-order valence-electron chi connectivity index (χ4n) is 2.61. The summed E-state index contributed by atoms with van der Waals surface area (Å²) in [5.41, 5.74) is 0.806. The quantitative estimate of drug-likeness (QED) is 0.375. The van der Waals surface area contributed by atoms with Crippen molar-refractivity contribution in [3.63, 3.8) is 0 Å². The molecule has 0 unspecified atom stereocenters. The van der Waals surface area contributed by atoms with Crippen LogP contribution in [0.15, 0.2) is 79.9 Å². The average molecular weight is 367 g/mol. The summed E-state index contributed by atoms with van der Waals surface area (Å²) in [5.74, 6) is 1.56. The first-order valence-corrected chi connectivity index (χ1v) is 8.68. The van der Waals surface area contributed by atoms with E-state index < -0.39 is 4.92 Å². The van der Waals surface area contributed by atoms with E-state index in [1.54, 1.807) is 30.9 Å². The molecule has 26 heavy (non-hydrogen) atoms. The number of thioether (sulfide) groups is 1. The Balaban J connectivity index is 1.56. The molecule has 1 aliphatic rings. The molecule has 3 aromatic rings.